The summed E-state index contributed by atoms with van der Waals surface area (Å²) in [6.45, 7) is 8.09. The van der Waals surface area contributed by atoms with Gasteiger partial charge in [0.2, 0.25) is 0 Å². The Bertz CT molecular complexity index is 350. The summed E-state index contributed by atoms with van der Waals surface area (Å²) >= 11 is 0. The van der Waals surface area contributed by atoms with Crippen LogP contribution in [0.3, 0.4) is 0 Å². The number of benzene rings is 1. The summed E-state index contributed by atoms with van der Waals surface area (Å²) in [6, 6.07) is 8.32. The van der Waals surface area contributed by atoms with Crippen molar-refractivity contribution < 1.29 is 5.11 Å². The Hall–Kier alpha value is -1.06. The monoisotopic (exact) mass is 236 g/mol. The molecule has 0 amide bonds. The van der Waals surface area contributed by atoms with Gasteiger partial charge >= 0.3 is 0 Å². The lowest BCUT2D eigenvalue weighted by Gasteiger charge is -2.29. The Morgan fingerprint density at radius 1 is 1.35 bits per heavy atom. The van der Waals surface area contributed by atoms with Crippen molar-refractivity contribution >= 4 is 5.69 Å². The third kappa shape index (κ3) is 4.02. The fourth-order valence-electron chi connectivity index (χ4n) is 1.85. The SMILES string of the molecule is CCN(CCC(C)(O)CN)c1ccccc1C. The first-order valence-electron chi connectivity index (χ1n) is 6.23. The van der Waals surface area contributed by atoms with Gasteiger partial charge in [0.25, 0.3) is 0 Å². The van der Waals surface area contributed by atoms with E-state index in [9.17, 15) is 5.11 Å². The van der Waals surface area contributed by atoms with Crippen molar-refractivity contribution in [3.63, 3.8) is 0 Å². The van der Waals surface area contributed by atoms with Gasteiger partial charge in [-0.15, -0.1) is 0 Å². The standard InChI is InChI=1S/C14H24N2O/c1-4-16(10-9-14(3,17)11-15)13-8-6-5-7-12(13)2/h5-8,17H,4,9-11,15H2,1-3H3. The molecule has 0 fully saturated rings. The van der Waals surface area contributed by atoms with Gasteiger partial charge in [0.15, 0.2) is 0 Å². The van der Waals surface area contributed by atoms with E-state index in [1.54, 1.807) is 6.92 Å². The third-order valence-electron chi connectivity index (χ3n) is 3.20. The van der Waals surface area contributed by atoms with Gasteiger partial charge in [-0.05, 0) is 38.8 Å². The maximum atomic E-state index is 9.93. The van der Waals surface area contributed by atoms with Crippen molar-refractivity contribution in [2.24, 2.45) is 5.73 Å². The average Bonchev–Trinajstić information content (AvgIpc) is 2.32. The molecule has 0 bridgehead atoms. The van der Waals surface area contributed by atoms with Crippen LogP contribution in [0.15, 0.2) is 24.3 Å². The molecule has 0 saturated carbocycles. The zero-order valence-electron chi connectivity index (χ0n) is 11.1. The minimum Gasteiger partial charge on any atom is -0.389 e. The van der Waals surface area contributed by atoms with Crippen molar-refractivity contribution in [1.29, 1.82) is 0 Å². The number of anilines is 1. The van der Waals surface area contributed by atoms with Crippen LogP contribution in [0.4, 0.5) is 5.69 Å². The number of aliphatic hydroxyl groups is 1. The van der Waals surface area contributed by atoms with Crippen LogP contribution >= 0.6 is 0 Å². The van der Waals surface area contributed by atoms with Crippen molar-refractivity contribution in [1.82, 2.24) is 0 Å². The summed E-state index contributed by atoms with van der Waals surface area (Å²) in [5, 5.41) is 9.93. The van der Waals surface area contributed by atoms with E-state index in [0.717, 1.165) is 13.1 Å². The molecule has 3 N–H and O–H groups in total. The second kappa shape index (κ2) is 6.03. The van der Waals surface area contributed by atoms with E-state index in [1.807, 2.05) is 12.1 Å². The first-order chi connectivity index (χ1) is 8.00. The van der Waals surface area contributed by atoms with Crippen molar-refractivity contribution in [3.8, 4) is 0 Å². The lowest BCUT2D eigenvalue weighted by molar-refractivity contribution is 0.0620. The number of para-hydroxylation sites is 1. The van der Waals surface area contributed by atoms with Crippen LogP contribution in [0.2, 0.25) is 0 Å². The molecule has 0 saturated heterocycles. The largest absolute Gasteiger partial charge is 0.389 e. The highest BCUT2D eigenvalue weighted by Gasteiger charge is 2.19. The molecule has 17 heavy (non-hydrogen) atoms. The highest BCUT2D eigenvalue weighted by molar-refractivity contribution is 5.52. The van der Waals surface area contributed by atoms with Crippen molar-refractivity contribution in [3.05, 3.63) is 29.8 Å². The molecule has 0 aromatic heterocycles. The van der Waals surface area contributed by atoms with Crippen LogP contribution in [0.25, 0.3) is 0 Å². The molecule has 3 nitrogen and oxygen atoms in total. The van der Waals surface area contributed by atoms with Crippen LogP contribution in [-0.4, -0.2) is 30.3 Å². The molecule has 96 valence electrons. The normalized spacial score (nSPS) is 14.4. The van der Waals surface area contributed by atoms with E-state index in [-0.39, 0.29) is 0 Å². The highest BCUT2D eigenvalue weighted by atomic mass is 16.3. The van der Waals surface area contributed by atoms with E-state index >= 15 is 0 Å². The summed E-state index contributed by atoms with van der Waals surface area (Å²) in [6.07, 6.45) is 0.686. The summed E-state index contributed by atoms with van der Waals surface area (Å²) in [5.74, 6) is 0. The van der Waals surface area contributed by atoms with E-state index in [4.69, 9.17) is 5.73 Å². The van der Waals surface area contributed by atoms with Gasteiger partial charge in [-0.2, -0.15) is 0 Å². The van der Waals surface area contributed by atoms with Gasteiger partial charge in [-0.25, -0.2) is 0 Å². The predicted molar refractivity (Wildman–Crippen MR) is 73.4 cm³/mol. The van der Waals surface area contributed by atoms with E-state index < -0.39 is 5.60 Å². The highest BCUT2D eigenvalue weighted by Crippen LogP contribution is 2.20. The zero-order chi connectivity index (χ0) is 12.9. The number of nitrogens with zero attached hydrogens (tertiary/aromatic N) is 1. The molecule has 0 aliphatic carbocycles. The predicted octanol–water partition coefficient (Wildman–Crippen LogP) is 1.92. The van der Waals surface area contributed by atoms with Gasteiger partial charge in [0.05, 0.1) is 5.60 Å². The van der Waals surface area contributed by atoms with Crippen LogP contribution in [0.1, 0.15) is 25.8 Å². The van der Waals surface area contributed by atoms with Crippen molar-refractivity contribution in [2.45, 2.75) is 32.8 Å². The number of rotatable bonds is 6. The fraction of sp³-hybridized carbons (Fsp3) is 0.571. The van der Waals surface area contributed by atoms with Gasteiger partial charge in [-0.3, -0.25) is 0 Å². The number of aryl methyl sites for hydroxylation is 1. The topological polar surface area (TPSA) is 49.5 Å². The molecule has 1 aromatic carbocycles. The summed E-state index contributed by atoms with van der Waals surface area (Å²) in [5.41, 5.74) is 7.27. The molecule has 1 atom stereocenters. The molecule has 1 rings (SSSR count). The van der Waals surface area contributed by atoms with Gasteiger partial charge in [0, 0.05) is 25.3 Å². The van der Waals surface area contributed by atoms with Crippen LogP contribution in [0, 0.1) is 6.92 Å². The number of nitrogens with two attached hydrogens (primary N) is 1. The first-order valence-corrected chi connectivity index (χ1v) is 6.23. The molecule has 3 heteroatoms. The molecule has 0 aliphatic heterocycles. The third-order valence-corrected chi connectivity index (χ3v) is 3.20. The molecule has 1 aromatic rings. The maximum Gasteiger partial charge on any atom is 0.0758 e. The molecule has 0 spiro atoms. The molecule has 0 aliphatic rings. The van der Waals surface area contributed by atoms with E-state index in [1.165, 1.54) is 11.3 Å². The Kier molecular flexibility index (Phi) is 4.97. The average molecular weight is 236 g/mol. The van der Waals surface area contributed by atoms with E-state index in [2.05, 4.69) is 30.9 Å². The van der Waals surface area contributed by atoms with E-state index in [0.29, 0.717) is 13.0 Å². The maximum absolute atomic E-state index is 9.93. The van der Waals surface area contributed by atoms with Crippen molar-refractivity contribution in [2.75, 3.05) is 24.5 Å². The second-order valence-corrected chi connectivity index (χ2v) is 4.82. The summed E-state index contributed by atoms with van der Waals surface area (Å²) < 4.78 is 0. The Morgan fingerprint density at radius 2 is 2.00 bits per heavy atom. The number of hydrogen-bond acceptors (Lipinski definition) is 3. The smallest absolute Gasteiger partial charge is 0.0758 e. The molecule has 1 unspecified atom stereocenters. The first kappa shape index (κ1) is 14.0. The van der Waals surface area contributed by atoms with Gasteiger partial charge in [-0.1, -0.05) is 18.2 Å². The second-order valence-electron chi connectivity index (χ2n) is 4.82. The zero-order valence-corrected chi connectivity index (χ0v) is 11.1. The fourth-order valence-corrected chi connectivity index (χ4v) is 1.85. The van der Waals surface area contributed by atoms with Gasteiger partial charge < -0.3 is 15.7 Å². The Morgan fingerprint density at radius 3 is 2.53 bits per heavy atom. The molecular weight excluding hydrogens is 212 g/mol. The lowest BCUT2D eigenvalue weighted by Crippen LogP contribution is -2.38. The summed E-state index contributed by atoms with van der Waals surface area (Å²) in [4.78, 5) is 2.28. The molecule has 0 heterocycles. The minimum absolute atomic E-state index is 0.304. The molecular formula is C14H24N2O. The quantitative estimate of drug-likeness (QED) is 0.793. The van der Waals surface area contributed by atoms with Gasteiger partial charge in [0.1, 0.15) is 0 Å². The Balaban J connectivity index is 2.70. The van der Waals surface area contributed by atoms with Crippen LogP contribution < -0.4 is 10.6 Å². The summed E-state index contributed by atoms with van der Waals surface area (Å²) in [7, 11) is 0. The number of hydrogen-bond donors (Lipinski definition) is 2. The lowest BCUT2D eigenvalue weighted by atomic mass is 10.0. The van der Waals surface area contributed by atoms with Crippen LogP contribution in [-0.2, 0) is 0 Å². The Labute approximate surface area is 104 Å². The van der Waals surface area contributed by atoms with Crippen LogP contribution in [0.5, 0.6) is 0 Å². The minimum atomic E-state index is -0.768. The molecule has 0 radical (unpaired) electrons.